The average molecular weight is 374 g/mol. The summed E-state index contributed by atoms with van der Waals surface area (Å²) in [5, 5.41) is 4.66. The van der Waals surface area contributed by atoms with Gasteiger partial charge in [-0.15, -0.1) is 0 Å². The molecule has 4 aromatic rings. The van der Waals surface area contributed by atoms with Crippen LogP contribution < -0.4 is 10.3 Å². The maximum atomic E-state index is 12.8. The second-order valence-electron chi connectivity index (χ2n) is 6.46. The van der Waals surface area contributed by atoms with E-state index in [4.69, 9.17) is 4.74 Å². The molecule has 2 heterocycles. The lowest BCUT2D eigenvalue weighted by molar-refractivity contribution is 0.0970. The lowest BCUT2D eigenvalue weighted by Crippen LogP contribution is -2.24. The quantitative estimate of drug-likeness (QED) is 0.502. The molecule has 0 bridgehead atoms. The predicted molar refractivity (Wildman–Crippen MR) is 105 cm³/mol. The van der Waals surface area contributed by atoms with Crippen LogP contribution in [-0.4, -0.2) is 32.2 Å². The largest absolute Gasteiger partial charge is 0.497 e. The molecular weight excluding hydrogens is 356 g/mol. The Bertz CT molecular complexity index is 1210. The Hall–Kier alpha value is -3.74. The van der Waals surface area contributed by atoms with E-state index in [2.05, 4.69) is 10.1 Å². The fourth-order valence-corrected chi connectivity index (χ4v) is 2.96. The van der Waals surface area contributed by atoms with E-state index in [1.54, 1.807) is 36.1 Å². The van der Waals surface area contributed by atoms with E-state index >= 15 is 0 Å². The molecule has 0 radical (unpaired) electrons. The number of fused-ring (bicyclic) bond motifs is 1. The highest BCUT2D eigenvalue weighted by molar-refractivity contribution is 5.96. The number of rotatable bonds is 5. The summed E-state index contributed by atoms with van der Waals surface area (Å²) < 4.78 is 8.01. The number of benzene rings is 2. The first-order valence-electron chi connectivity index (χ1n) is 8.74. The van der Waals surface area contributed by atoms with E-state index < -0.39 is 0 Å². The summed E-state index contributed by atoms with van der Waals surface area (Å²) in [6.45, 7) is 1.91. The van der Waals surface area contributed by atoms with Crippen LogP contribution in [0, 0.1) is 6.92 Å². The number of ketones is 1. The second-order valence-corrected chi connectivity index (χ2v) is 6.46. The molecule has 0 N–H and O–H groups in total. The van der Waals surface area contributed by atoms with E-state index in [9.17, 15) is 9.59 Å². The molecule has 2 aromatic heterocycles. The normalized spacial score (nSPS) is 10.9. The van der Waals surface area contributed by atoms with Gasteiger partial charge in [-0.2, -0.15) is 5.10 Å². The monoisotopic (exact) mass is 374 g/mol. The summed E-state index contributed by atoms with van der Waals surface area (Å²) in [7, 11) is 1.56. The maximum Gasteiger partial charge on any atom is 0.264 e. The SMILES string of the molecule is COc1ccc(C(=O)Cn2cnc3c(cnn3-c3ccc(C)cc3)c2=O)cc1. The highest BCUT2D eigenvalue weighted by Gasteiger charge is 2.14. The van der Waals surface area contributed by atoms with Crippen LogP contribution >= 0.6 is 0 Å². The molecule has 0 unspecified atom stereocenters. The van der Waals surface area contributed by atoms with Crippen LogP contribution in [-0.2, 0) is 6.54 Å². The molecule has 4 rings (SSSR count). The zero-order valence-corrected chi connectivity index (χ0v) is 15.5. The van der Waals surface area contributed by atoms with Crippen LogP contribution in [0.1, 0.15) is 15.9 Å². The van der Waals surface area contributed by atoms with Crippen molar-refractivity contribution in [1.29, 1.82) is 0 Å². The number of carbonyl (C=O) groups excluding carboxylic acids is 1. The molecule has 7 heteroatoms. The van der Waals surface area contributed by atoms with Crippen LogP contribution in [0.3, 0.4) is 0 Å². The number of aromatic nitrogens is 4. The van der Waals surface area contributed by atoms with Crippen molar-refractivity contribution in [3.63, 3.8) is 0 Å². The van der Waals surface area contributed by atoms with Crippen molar-refractivity contribution < 1.29 is 9.53 Å². The Morgan fingerprint density at radius 2 is 1.79 bits per heavy atom. The van der Waals surface area contributed by atoms with Crippen molar-refractivity contribution in [1.82, 2.24) is 19.3 Å². The number of aryl methyl sites for hydroxylation is 1. The van der Waals surface area contributed by atoms with Gasteiger partial charge in [-0.1, -0.05) is 17.7 Å². The topological polar surface area (TPSA) is 79.0 Å². The Labute approximate surface area is 160 Å². The molecule has 0 atom stereocenters. The van der Waals surface area contributed by atoms with E-state index in [-0.39, 0.29) is 17.9 Å². The van der Waals surface area contributed by atoms with Crippen molar-refractivity contribution >= 4 is 16.8 Å². The summed E-state index contributed by atoms with van der Waals surface area (Å²) in [6.07, 6.45) is 2.87. The third kappa shape index (κ3) is 3.18. The fourth-order valence-electron chi connectivity index (χ4n) is 2.96. The smallest absolute Gasteiger partial charge is 0.264 e. The molecule has 0 aliphatic rings. The fraction of sp³-hybridized carbons (Fsp3) is 0.143. The molecular formula is C21H18N4O3. The third-order valence-electron chi connectivity index (χ3n) is 4.56. The molecule has 0 fully saturated rings. The minimum Gasteiger partial charge on any atom is -0.497 e. The summed E-state index contributed by atoms with van der Waals surface area (Å²) in [4.78, 5) is 29.7. The van der Waals surface area contributed by atoms with Gasteiger partial charge < -0.3 is 4.74 Å². The number of ether oxygens (including phenoxy) is 1. The summed E-state index contributed by atoms with van der Waals surface area (Å²) in [6, 6.07) is 14.5. The van der Waals surface area contributed by atoms with Gasteiger partial charge in [0.1, 0.15) is 17.5 Å². The standard InChI is InChI=1S/C21H18N4O3/c1-14-3-7-16(8-4-14)25-20-18(11-23-25)21(27)24(13-22-20)12-19(26)15-5-9-17(28-2)10-6-15/h3-11,13H,12H2,1-2H3. The van der Waals surface area contributed by atoms with Crippen LogP contribution in [0.4, 0.5) is 0 Å². The first-order valence-corrected chi connectivity index (χ1v) is 8.74. The van der Waals surface area contributed by atoms with Gasteiger partial charge in [0.15, 0.2) is 11.4 Å². The highest BCUT2D eigenvalue weighted by Crippen LogP contribution is 2.15. The molecule has 28 heavy (non-hydrogen) atoms. The molecule has 2 aromatic carbocycles. The number of carbonyl (C=O) groups is 1. The molecule has 7 nitrogen and oxygen atoms in total. The van der Waals surface area contributed by atoms with E-state index in [0.717, 1.165) is 11.3 Å². The highest BCUT2D eigenvalue weighted by atomic mass is 16.5. The molecule has 0 aliphatic carbocycles. The zero-order valence-electron chi connectivity index (χ0n) is 15.5. The van der Waals surface area contributed by atoms with Gasteiger partial charge >= 0.3 is 0 Å². The Kier molecular flexibility index (Phi) is 4.49. The lowest BCUT2D eigenvalue weighted by Gasteiger charge is -2.07. The minimum atomic E-state index is -0.301. The maximum absolute atomic E-state index is 12.8. The first-order chi connectivity index (χ1) is 13.6. The second kappa shape index (κ2) is 7.11. The molecule has 0 amide bonds. The number of hydrogen-bond donors (Lipinski definition) is 0. The molecule has 140 valence electrons. The minimum absolute atomic E-state index is 0.0934. The van der Waals surface area contributed by atoms with Crippen LogP contribution in [0.25, 0.3) is 16.7 Å². The van der Waals surface area contributed by atoms with Gasteiger partial charge in [-0.25, -0.2) is 9.67 Å². The summed E-state index contributed by atoms with van der Waals surface area (Å²) in [5.74, 6) is 0.483. The number of hydrogen-bond acceptors (Lipinski definition) is 5. The van der Waals surface area contributed by atoms with E-state index in [1.807, 2.05) is 31.2 Å². The molecule has 0 aliphatic heterocycles. The molecule has 0 saturated carbocycles. The van der Waals surface area contributed by atoms with Crippen LogP contribution in [0.2, 0.25) is 0 Å². The zero-order chi connectivity index (χ0) is 19.7. The van der Waals surface area contributed by atoms with Crippen LogP contribution in [0.15, 0.2) is 65.8 Å². The Morgan fingerprint density at radius 1 is 1.07 bits per heavy atom. The van der Waals surface area contributed by atoms with Gasteiger partial charge in [0, 0.05) is 5.56 Å². The van der Waals surface area contributed by atoms with Crippen molar-refractivity contribution in [3.8, 4) is 11.4 Å². The molecule has 0 saturated heterocycles. The summed E-state index contributed by atoms with van der Waals surface area (Å²) in [5.41, 5.74) is 2.61. The van der Waals surface area contributed by atoms with Crippen molar-refractivity contribution in [2.45, 2.75) is 13.5 Å². The van der Waals surface area contributed by atoms with E-state index in [1.165, 1.54) is 17.1 Å². The van der Waals surface area contributed by atoms with Crippen LogP contribution in [0.5, 0.6) is 5.75 Å². The first kappa shape index (κ1) is 17.7. The van der Waals surface area contributed by atoms with Gasteiger partial charge in [-0.05, 0) is 43.3 Å². The number of nitrogens with zero attached hydrogens (tertiary/aromatic N) is 4. The number of methoxy groups -OCH3 is 1. The van der Waals surface area contributed by atoms with Crippen molar-refractivity contribution in [3.05, 3.63) is 82.5 Å². The van der Waals surface area contributed by atoms with Gasteiger partial charge in [0.05, 0.1) is 25.5 Å². The van der Waals surface area contributed by atoms with E-state index in [0.29, 0.717) is 22.3 Å². The van der Waals surface area contributed by atoms with Crippen molar-refractivity contribution in [2.75, 3.05) is 7.11 Å². The lowest BCUT2D eigenvalue weighted by atomic mass is 10.1. The van der Waals surface area contributed by atoms with Gasteiger partial charge in [-0.3, -0.25) is 14.2 Å². The van der Waals surface area contributed by atoms with Gasteiger partial charge in [0.25, 0.3) is 5.56 Å². The molecule has 0 spiro atoms. The van der Waals surface area contributed by atoms with Crippen molar-refractivity contribution in [2.24, 2.45) is 0 Å². The third-order valence-corrected chi connectivity index (χ3v) is 4.56. The number of Topliss-reactive ketones (excluding diaryl/α,β-unsaturated/α-hetero) is 1. The Morgan fingerprint density at radius 3 is 2.46 bits per heavy atom. The average Bonchev–Trinajstić information content (AvgIpc) is 3.15. The van der Waals surface area contributed by atoms with Gasteiger partial charge in [0.2, 0.25) is 0 Å². The summed E-state index contributed by atoms with van der Waals surface area (Å²) >= 11 is 0. The Balaban J connectivity index is 1.65. The predicted octanol–water partition coefficient (Wildman–Crippen LogP) is 2.78.